The lowest BCUT2D eigenvalue weighted by atomic mass is 9.99. The predicted molar refractivity (Wildman–Crippen MR) is 139 cm³/mol. The van der Waals surface area contributed by atoms with Crippen molar-refractivity contribution in [1.29, 1.82) is 0 Å². The molecule has 0 unspecified atom stereocenters. The molecule has 35 heavy (non-hydrogen) atoms. The van der Waals surface area contributed by atoms with Crippen LogP contribution in [-0.4, -0.2) is 48.2 Å². The molecule has 178 valence electrons. The molecule has 1 aliphatic rings. The number of benzene rings is 2. The third kappa shape index (κ3) is 5.39. The van der Waals surface area contributed by atoms with Crippen molar-refractivity contribution in [3.05, 3.63) is 88.7 Å². The second kappa shape index (κ2) is 10.8. The summed E-state index contributed by atoms with van der Waals surface area (Å²) in [5.74, 6) is 0.739. The first kappa shape index (κ1) is 23.1. The van der Waals surface area contributed by atoms with Crippen molar-refractivity contribution >= 4 is 28.6 Å². The molecule has 3 heterocycles. The molecule has 5 rings (SSSR count). The third-order valence-electron chi connectivity index (χ3n) is 6.17. The van der Waals surface area contributed by atoms with Gasteiger partial charge in [-0.05, 0) is 41.3 Å². The number of methoxy groups -OCH3 is 1. The molecule has 2 aromatic carbocycles. The van der Waals surface area contributed by atoms with Crippen LogP contribution in [0, 0.1) is 0 Å². The maximum absolute atomic E-state index is 11.6. The summed E-state index contributed by atoms with van der Waals surface area (Å²) in [7, 11) is 1.64. The fourth-order valence-electron chi connectivity index (χ4n) is 4.26. The monoisotopic (exact) mass is 485 g/mol. The number of anilines is 2. The van der Waals surface area contributed by atoms with Gasteiger partial charge in [-0.25, -0.2) is 15.0 Å². The highest BCUT2D eigenvalue weighted by atomic mass is 32.1. The molecule has 0 aliphatic carbocycles. The van der Waals surface area contributed by atoms with Gasteiger partial charge in [0.1, 0.15) is 0 Å². The van der Waals surface area contributed by atoms with Gasteiger partial charge in [0.2, 0.25) is 6.41 Å². The molecule has 1 aliphatic heterocycles. The first-order chi connectivity index (χ1) is 17.2. The molecule has 8 heteroatoms. The Morgan fingerprint density at radius 1 is 1.09 bits per heavy atom. The smallest absolute Gasteiger partial charge is 0.214 e. The average Bonchev–Trinajstić information content (AvgIpc) is 3.38. The number of hydrogen-bond donors (Lipinski definition) is 0. The van der Waals surface area contributed by atoms with E-state index in [1.54, 1.807) is 35.7 Å². The number of amides is 1. The van der Waals surface area contributed by atoms with Crippen molar-refractivity contribution < 1.29 is 9.53 Å². The van der Waals surface area contributed by atoms with Gasteiger partial charge in [0.25, 0.3) is 0 Å². The summed E-state index contributed by atoms with van der Waals surface area (Å²) in [6.45, 7) is 2.77. The van der Waals surface area contributed by atoms with Gasteiger partial charge in [-0.15, -0.1) is 11.3 Å². The SMILES string of the molecule is COCCN(C=O)c1ccc2c(c1)CN(c1ncc(Cc3ccc(-c4ncccn4)cc3)s1)CC2. The van der Waals surface area contributed by atoms with Crippen LogP contribution in [0.15, 0.2) is 67.1 Å². The number of fused-ring (bicyclic) bond motifs is 1. The second-order valence-corrected chi connectivity index (χ2v) is 9.57. The lowest BCUT2D eigenvalue weighted by Crippen LogP contribution is -2.31. The standard InChI is InChI=1S/C27H27N5O2S/c1-34-14-13-32(19-33)24-8-7-21-9-12-31(18-23(21)16-24)27-30-17-25(35-27)15-20-3-5-22(6-4-20)26-28-10-2-11-29-26/h2-8,10-11,16-17,19H,9,12-15,18H2,1H3. The Morgan fingerprint density at radius 3 is 2.69 bits per heavy atom. The number of thiazole rings is 1. The van der Waals surface area contributed by atoms with Gasteiger partial charge in [0.15, 0.2) is 11.0 Å². The highest BCUT2D eigenvalue weighted by molar-refractivity contribution is 7.15. The Labute approximate surface area is 209 Å². The minimum absolute atomic E-state index is 0.507. The molecule has 0 bridgehead atoms. The van der Waals surface area contributed by atoms with E-state index >= 15 is 0 Å². The Balaban J connectivity index is 1.26. The molecule has 4 aromatic rings. The van der Waals surface area contributed by atoms with E-state index in [1.165, 1.54) is 21.6 Å². The number of carbonyl (C=O) groups excluding carboxylic acids is 1. The van der Waals surface area contributed by atoms with E-state index in [-0.39, 0.29) is 0 Å². The highest BCUT2D eigenvalue weighted by Gasteiger charge is 2.20. The van der Waals surface area contributed by atoms with E-state index in [0.29, 0.717) is 13.2 Å². The molecular weight excluding hydrogens is 458 g/mol. The largest absolute Gasteiger partial charge is 0.383 e. The lowest BCUT2D eigenvalue weighted by Gasteiger charge is -2.29. The summed E-state index contributed by atoms with van der Waals surface area (Å²) in [4.78, 5) is 30.2. The molecule has 0 atom stereocenters. The predicted octanol–water partition coefficient (Wildman–Crippen LogP) is 4.36. The topological polar surface area (TPSA) is 71.5 Å². The van der Waals surface area contributed by atoms with Crippen LogP contribution < -0.4 is 9.80 Å². The minimum atomic E-state index is 0.507. The van der Waals surface area contributed by atoms with Gasteiger partial charge in [-0.1, -0.05) is 30.3 Å². The van der Waals surface area contributed by atoms with Crippen LogP contribution in [0.4, 0.5) is 10.8 Å². The number of nitrogens with zero attached hydrogens (tertiary/aromatic N) is 5. The van der Waals surface area contributed by atoms with Crippen LogP contribution in [0.25, 0.3) is 11.4 Å². The van der Waals surface area contributed by atoms with Crippen LogP contribution in [0.2, 0.25) is 0 Å². The van der Waals surface area contributed by atoms with Crippen molar-refractivity contribution in [2.75, 3.05) is 36.6 Å². The molecule has 0 saturated heterocycles. The van der Waals surface area contributed by atoms with Crippen LogP contribution in [-0.2, 0) is 28.9 Å². The van der Waals surface area contributed by atoms with Crippen molar-refractivity contribution in [2.24, 2.45) is 0 Å². The van der Waals surface area contributed by atoms with E-state index in [9.17, 15) is 4.79 Å². The van der Waals surface area contributed by atoms with E-state index in [2.05, 4.69) is 51.3 Å². The maximum Gasteiger partial charge on any atom is 0.214 e. The van der Waals surface area contributed by atoms with E-state index in [4.69, 9.17) is 9.72 Å². The zero-order valence-corrected chi connectivity index (χ0v) is 20.4. The highest BCUT2D eigenvalue weighted by Crippen LogP contribution is 2.31. The molecule has 0 saturated carbocycles. The second-order valence-electron chi connectivity index (χ2n) is 8.47. The average molecular weight is 486 g/mol. The van der Waals surface area contributed by atoms with Gasteiger partial charge in [-0.2, -0.15) is 0 Å². The third-order valence-corrected chi connectivity index (χ3v) is 7.22. The molecule has 0 radical (unpaired) electrons. The Hall–Kier alpha value is -3.62. The lowest BCUT2D eigenvalue weighted by molar-refractivity contribution is -0.107. The van der Waals surface area contributed by atoms with Gasteiger partial charge in [0, 0.05) is 67.9 Å². The molecular formula is C27H27N5O2S. The van der Waals surface area contributed by atoms with Crippen molar-refractivity contribution in [1.82, 2.24) is 15.0 Å². The Kier molecular flexibility index (Phi) is 7.11. The van der Waals surface area contributed by atoms with E-state index < -0.39 is 0 Å². The van der Waals surface area contributed by atoms with Crippen LogP contribution in [0.5, 0.6) is 0 Å². The number of hydrogen-bond acceptors (Lipinski definition) is 7. The first-order valence-corrected chi connectivity index (χ1v) is 12.4. The molecule has 1 amide bonds. The Morgan fingerprint density at radius 2 is 1.91 bits per heavy atom. The Bertz CT molecular complexity index is 1280. The number of rotatable bonds is 9. The fraction of sp³-hybridized carbons (Fsp3) is 0.259. The van der Waals surface area contributed by atoms with Crippen LogP contribution >= 0.6 is 11.3 Å². The number of ether oxygens (including phenoxy) is 1. The molecule has 2 aromatic heterocycles. The van der Waals surface area contributed by atoms with Gasteiger partial charge in [-0.3, -0.25) is 4.79 Å². The quantitative estimate of drug-likeness (QED) is 0.328. The molecule has 0 N–H and O–H groups in total. The molecule has 7 nitrogen and oxygen atoms in total. The van der Waals surface area contributed by atoms with Gasteiger partial charge < -0.3 is 14.5 Å². The fourth-order valence-corrected chi connectivity index (χ4v) is 5.23. The summed E-state index contributed by atoms with van der Waals surface area (Å²) < 4.78 is 5.13. The number of carbonyl (C=O) groups is 1. The zero-order valence-electron chi connectivity index (χ0n) is 19.6. The molecule has 0 fully saturated rings. The van der Waals surface area contributed by atoms with Crippen molar-refractivity contribution in [2.45, 2.75) is 19.4 Å². The summed E-state index contributed by atoms with van der Waals surface area (Å²) in [5.41, 5.74) is 5.73. The van der Waals surface area contributed by atoms with Crippen molar-refractivity contribution in [3.63, 3.8) is 0 Å². The number of aromatic nitrogens is 3. The van der Waals surface area contributed by atoms with Crippen LogP contribution in [0.1, 0.15) is 21.6 Å². The van der Waals surface area contributed by atoms with Crippen molar-refractivity contribution in [3.8, 4) is 11.4 Å². The zero-order chi connectivity index (χ0) is 24.0. The summed E-state index contributed by atoms with van der Waals surface area (Å²) in [6.07, 6.45) is 8.18. The maximum atomic E-state index is 11.6. The normalized spacial score (nSPS) is 12.9. The summed E-state index contributed by atoms with van der Waals surface area (Å²) in [6, 6.07) is 16.5. The van der Waals surface area contributed by atoms with E-state index in [0.717, 1.165) is 54.5 Å². The van der Waals surface area contributed by atoms with Gasteiger partial charge in [0.05, 0.1) is 6.61 Å². The molecule has 0 spiro atoms. The summed E-state index contributed by atoms with van der Waals surface area (Å²) in [5, 5.41) is 1.04. The van der Waals surface area contributed by atoms with Crippen LogP contribution in [0.3, 0.4) is 0 Å². The van der Waals surface area contributed by atoms with Gasteiger partial charge >= 0.3 is 0 Å². The first-order valence-electron chi connectivity index (χ1n) is 11.6. The summed E-state index contributed by atoms with van der Waals surface area (Å²) >= 11 is 1.74. The van der Waals surface area contributed by atoms with E-state index in [1.807, 2.05) is 18.3 Å². The minimum Gasteiger partial charge on any atom is -0.383 e.